The summed E-state index contributed by atoms with van der Waals surface area (Å²) in [5, 5.41) is 3.94. The SMILES string of the molecule is CC(C)(C)OC(=O)NC1CC(CCBr)C1. The Morgan fingerprint density at radius 3 is 2.53 bits per heavy atom. The van der Waals surface area contributed by atoms with E-state index in [4.69, 9.17) is 4.74 Å². The van der Waals surface area contributed by atoms with Crippen LogP contribution in [0.4, 0.5) is 4.79 Å². The van der Waals surface area contributed by atoms with Gasteiger partial charge in [-0.15, -0.1) is 0 Å². The van der Waals surface area contributed by atoms with Gasteiger partial charge in [-0.25, -0.2) is 4.79 Å². The van der Waals surface area contributed by atoms with Crippen molar-refractivity contribution in [2.75, 3.05) is 5.33 Å². The van der Waals surface area contributed by atoms with E-state index in [1.165, 1.54) is 6.42 Å². The number of nitrogens with one attached hydrogen (secondary N) is 1. The minimum Gasteiger partial charge on any atom is -0.444 e. The Hall–Kier alpha value is -0.250. The molecule has 0 heterocycles. The van der Waals surface area contributed by atoms with Crippen LogP contribution in [-0.4, -0.2) is 23.1 Å². The van der Waals surface area contributed by atoms with E-state index in [1.807, 2.05) is 20.8 Å². The standard InChI is InChI=1S/C11H20BrNO2/c1-11(2,3)15-10(14)13-9-6-8(7-9)4-5-12/h8-9H,4-7H2,1-3H3,(H,13,14). The van der Waals surface area contributed by atoms with Crippen molar-refractivity contribution in [1.82, 2.24) is 5.32 Å². The highest BCUT2D eigenvalue weighted by Gasteiger charge is 2.30. The van der Waals surface area contributed by atoms with Gasteiger partial charge in [0.15, 0.2) is 0 Å². The van der Waals surface area contributed by atoms with Crippen LogP contribution in [0.5, 0.6) is 0 Å². The van der Waals surface area contributed by atoms with E-state index in [-0.39, 0.29) is 6.09 Å². The molecule has 0 aromatic carbocycles. The predicted molar refractivity (Wildman–Crippen MR) is 64.3 cm³/mol. The number of alkyl halides is 1. The number of carbonyl (C=O) groups is 1. The Balaban J connectivity index is 2.14. The van der Waals surface area contributed by atoms with Crippen LogP contribution < -0.4 is 5.32 Å². The second kappa shape index (κ2) is 5.19. The maximum Gasteiger partial charge on any atom is 0.407 e. The van der Waals surface area contributed by atoms with Crippen molar-refractivity contribution in [2.24, 2.45) is 5.92 Å². The fraction of sp³-hybridized carbons (Fsp3) is 0.909. The van der Waals surface area contributed by atoms with Gasteiger partial charge in [0.2, 0.25) is 0 Å². The molecule has 0 spiro atoms. The first-order chi connectivity index (χ1) is 6.90. The molecule has 0 atom stereocenters. The van der Waals surface area contributed by atoms with E-state index in [1.54, 1.807) is 0 Å². The van der Waals surface area contributed by atoms with Crippen molar-refractivity contribution in [3.8, 4) is 0 Å². The maximum atomic E-state index is 11.4. The molecule has 0 aromatic rings. The van der Waals surface area contributed by atoms with Crippen molar-refractivity contribution in [1.29, 1.82) is 0 Å². The molecule has 1 saturated carbocycles. The van der Waals surface area contributed by atoms with Gasteiger partial charge < -0.3 is 10.1 Å². The lowest BCUT2D eigenvalue weighted by Crippen LogP contribution is -2.46. The van der Waals surface area contributed by atoms with Gasteiger partial charge in [0.25, 0.3) is 0 Å². The first kappa shape index (κ1) is 12.8. The minimum absolute atomic E-state index is 0.287. The molecule has 3 nitrogen and oxygen atoms in total. The molecule has 0 unspecified atom stereocenters. The lowest BCUT2D eigenvalue weighted by molar-refractivity contribution is 0.0451. The van der Waals surface area contributed by atoms with Crippen molar-refractivity contribution < 1.29 is 9.53 Å². The average molecular weight is 278 g/mol. The molecule has 1 N–H and O–H groups in total. The van der Waals surface area contributed by atoms with Crippen molar-refractivity contribution in [3.05, 3.63) is 0 Å². The predicted octanol–water partition coefficient (Wildman–Crippen LogP) is 3.07. The Morgan fingerprint density at radius 2 is 2.07 bits per heavy atom. The minimum atomic E-state index is -0.400. The molecule has 0 radical (unpaired) electrons. The van der Waals surface area contributed by atoms with Gasteiger partial charge in [-0.3, -0.25) is 0 Å². The third kappa shape index (κ3) is 4.87. The Kier molecular flexibility index (Phi) is 4.44. The van der Waals surface area contributed by atoms with Gasteiger partial charge in [0.05, 0.1) is 0 Å². The molecule has 15 heavy (non-hydrogen) atoms. The van der Waals surface area contributed by atoms with E-state index < -0.39 is 5.60 Å². The van der Waals surface area contributed by atoms with E-state index in [9.17, 15) is 4.79 Å². The summed E-state index contributed by atoms with van der Waals surface area (Å²) in [6, 6.07) is 0.323. The number of ether oxygens (including phenoxy) is 1. The number of rotatable bonds is 3. The lowest BCUT2D eigenvalue weighted by atomic mass is 9.79. The maximum absolute atomic E-state index is 11.4. The van der Waals surface area contributed by atoms with E-state index in [0.29, 0.717) is 6.04 Å². The highest BCUT2D eigenvalue weighted by molar-refractivity contribution is 9.09. The van der Waals surface area contributed by atoms with Crippen molar-refractivity contribution in [3.63, 3.8) is 0 Å². The van der Waals surface area contributed by atoms with Crippen LogP contribution in [0.2, 0.25) is 0 Å². The fourth-order valence-electron chi connectivity index (χ4n) is 1.72. The number of hydrogen-bond donors (Lipinski definition) is 1. The number of halogens is 1. The molecule has 88 valence electrons. The second-order valence-electron chi connectivity index (χ2n) is 5.16. The summed E-state index contributed by atoms with van der Waals surface area (Å²) in [5.74, 6) is 0.768. The molecule has 1 fully saturated rings. The van der Waals surface area contributed by atoms with Crippen LogP contribution in [-0.2, 0) is 4.74 Å². The van der Waals surface area contributed by atoms with Gasteiger partial charge >= 0.3 is 6.09 Å². The molecular formula is C11H20BrNO2. The highest BCUT2D eigenvalue weighted by atomic mass is 79.9. The first-order valence-electron chi connectivity index (χ1n) is 5.46. The molecule has 1 rings (SSSR count). The molecule has 1 aliphatic rings. The van der Waals surface area contributed by atoms with Gasteiger partial charge in [-0.05, 0) is 46.0 Å². The Bertz CT molecular complexity index is 219. The zero-order valence-corrected chi connectivity index (χ0v) is 11.3. The molecule has 1 aliphatic carbocycles. The van der Waals surface area contributed by atoms with E-state index in [2.05, 4.69) is 21.2 Å². The number of hydrogen-bond acceptors (Lipinski definition) is 2. The van der Waals surface area contributed by atoms with Gasteiger partial charge in [-0.1, -0.05) is 15.9 Å². The lowest BCUT2D eigenvalue weighted by Gasteiger charge is -2.35. The summed E-state index contributed by atoms with van der Waals surface area (Å²) < 4.78 is 5.18. The average Bonchev–Trinajstić information content (AvgIpc) is 1.97. The second-order valence-corrected chi connectivity index (χ2v) is 5.95. The normalized spacial score (nSPS) is 25.6. The molecule has 0 aliphatic heterocycles. The molecule has 1 amide bonds. The topological polar surface area (TPSA) is 38.3 Å². The largest absolute Gasteiger partial charge is 0.444 e. The van der Waals surface area contributed by atoms with Gasteiger partial charge in [0.1, 0.15) is 5.60 Å². The van der Waals surface area contributed by atoms with Crippen LogP contribution in [0.3, 0.4) is 0 Å². The summed E-state index contributed by atoms with van der Waals surface area (Å²) >= 11 is 3.42. The highest BCUT2D eigenvalue weighted by Crippen LogP contribution is 2.30. The van der Waals surface area contributed by atoms with Crippen LogP contribution in [0.25, 0.3) is 0 Å². The number of amides is 1. The Labute approximate surface area is 100 Å². The van der Waals surface area contributed by atoms with Crippen LogP contribution in [0.15, 0.2) is 0 Å². The first-order valence-corrected chi connectivity index (χ1v) is 6.58. The monoisotopic (exact) mass is 277 g/mol. The fourth-order valence-corrected chi connectivity index (χ4v) is 2.37. The zero-order chi connectivity index (χ0) is 11.5. The van der Waals surface area contributed by atoms with Crippen molar-refractivity contribution >= 4 is 22.0 Å². The summed E-state index contributed by atoms with van der Waals surface area (Å²) in [6.45, 7) is 5.63. The quantitative estimate of drug-likeness (QED) is 0.806. The van der Waals surface area contributed by atoms with Gasteiger partial charge in [-0.2, -0.15) is 0 Å². The molecule has 0 aromatic heterocycles. The van der Waals surface area contributed by atoms with E-state index >= 15 is 0 Å². The summed E-state index contributed by atoms with van der Waals surface area (Å²) in [5.41, 5.74) is -0.400. The summed E-state index contributed by atoms with van der Waals surface area (Å²) in [7, 11) is 0. The molecule has 0 saturated heterocycles. The third-order valence-electron chi connectivity index (χ3n) is 2.47. The smallest absolute Gasteiger partial charge is 0.407 e. The van der Waals surface area contributed by atoms with Crippen LogP contribution >= 0.6 is 15.9 Å². The third-order valence-corrected chi connectivity index (χ3v) is 2.93. The van der Waals surface area contributed by atoms with E-state index in [0.717, 1.165) is 24.1 Å². The summed E-state index contributed by atoms with van der Waals surface area (Å²) in [4.78, 5) is 11.4. The van der Waals surface area contributed by atoms with Gasteiger partial charge in [0, 0.05) is 11.4 Å². The number of alkyl carbamates (subject to hydrolysis) is 1. The van der Waals surface area contributed by atoms with Crippen LogP contribution in [0, 0.1) is 5.92 Å². The number of carbonyl (C=O) groups excluding carboxylic acids is 1. The van der Waals surface area contributed by atoms with Crippen molar-refractivity contribution in [2.45, 2.75) is 51.7 Å². The Morgan fingerprint density at radius 1 is 1.47 bits per heavy atom. The zero-order valence-electron chi connectivity index (χ0n) is 9.68. The van der Waals surface area contributed by atoms with Crippen LogP contribution in [0.1, 0.15) is 40.0 Å². The molecule has 0 bridgehead atoms. The summed E-state index contributed by atoms with van der Waals surface area (Å²) in [6.07, 6.45) is 3.09. The molecular weight excluding hydrogens is 258 g/mol. The molecule has 4 heteroatoms.